The number of carboxylic acids is 1. The molecule has 0 saturated carbocycles. The summed E-state index contributed by atoms with van der Waals surface area (Å²) in [6.45, 7) is 4.01. The van der Waals surface area contributed by atoms with Gasteiger partial charge in [0.2, 0.25) is 11.4 Å². The Morgan fingerprint density at radius 3 is 2.84 bits per heavy atom. The van der Waals surface area contributed by atoms with E-state index in [9.17, 15) is 14.7 Å². The van der Waals surface area contributed by atoms with Gasteiger partial charge in [0.1, 0.15) is 10.4 Å². The lowest BCUT2D eigenvalue weighted by Gasteiger charge is -2.31. The number of aromatic nitrogens is 3. The number of hydrogen-bond donors (Lipinski definition) is 1. The van der Waals surface area contributed by atoms with E-state index in [-0.39, 0.29) is 10.9 Å². The predicted octanol–water partition coefficient (Wildman–Crippen LogP) is 2.54. The molecular formula is C22H21N5O3S. The Bertz CT molecular complexity index is 1430. The van der Waals surface area contributed by atoms with Crippen molar-refractivity contribution in [1.82, 2.24) is 19.3 Å². The summed E-state index contributed by atoms with van der Waals surface area (Å²) in [6, 6.07) is 7.67. The molecule has 0 radical (unpaired) electrons. The van der Waals surface area contributed by atoms with Crippen molar-refractivity contribution in [2.24, 2.45) is 11.8 Å². The molecule has 1 N–H and O–H groups in total. The molecule has 2 aliphatic rings. The Morgan fingerprint density at radius 1 is 1.19 bits per heavy atom. The molecule has 1 aromatic carbocycles. The van der Waals surface area contributed by atoms with Crippen LogP contribution < -0.4 is 10.3 Å². The first-order valence-electron chi connectivity index (χ1n) is 10.4. The standard InChI is InChI=1S/C22H21N5O3S/c1-25-7-6-12-10-26(11-13(12)9-25)22-23-8-14-18(28)17(21(29)30)20-27(19(14)24-22)15-4-2-3-5-16(15)31-20/h2-5,8,12-13H,6-7,9-11H2,1H3,(H,29,30)/t12?,13-/m1/s1. The van der Waals surface area contributed by atoms with Gasteiger partial charge in [-0.1, -0.05) is 12.1 Å². The Hall–Kier alpha value is -3.04. The van der Waals surface area contributed by atoms with Crippen LogP contribution in [0.5, 0.6) is 0 Å². The largest absolute Gasteiger partial charge is 0.477 e. The second-order valence-electron chi connectivity index (χ2n) is 8.60. The Morgan fingerprint density at radius 2 is 2.00 bits per heavy atom. The normalized spacial score (nSPS) is 21.9. The summed E-state index contributed by atoms with van der Waals surface area (Å²) >= 11 is 1.30. The second kappa shape index (κ2) is 6.73. The number of para-hydroxylation sites is 1. The number of piperidine rings is 1. The smallest absolute Gasteiger partial charge is 0.342 e. The molecule has 2 aliphatic heterocycles. The Labute approximate surface area is 181 Å². The first-order chi connectivity index (χ1) is 15.0. The van der Waals surface area contributed by atoms with Gasteiger partial charge in [0, 0.05) is 25.8 Å². The van der Waals surface area contributed by atoms with Gasteiger partial charge < -0.3 is 14.9 Å². The van der Waals surface area contributed by atoms with Crippen LogP contribution in [0.4, 0.5) is 5.95 Å². The van der Waals surface area contributed by atoms with Crippen LogP contribution in [0.15, 0.2) is 35.3 Å². The molecule has 158 valence electrons. The first kappa shape index (κ1) is 18.7. The number of rotatable bonds is 2. The summed E-state index contributed by atoms with van der Waals surface area (Å²) in [7, 11) is 2.16. The Kier molecular flexibility index (Phi) is 4.06. The van der Waals surface area contributed by atoms with Crippen molar-refractivity contribution in [3.05, 3.63) is 46.2 Å². The highest BCUT2D eigenvalue weighted by molar-refractivity contribution is 7.24. The lowest BCUT2D eigenvalue weighted by atomic mass is 9.89. The summed E-state index contributed by atoms with van der Waals surface area (Å²) in [5, 5.41) is 9.99. The van der Waals surface area contributed by atoms with Gasteiger partial charge in [0.05, 0.1) is 15.6 Å². The van der Waals surface area contributed by atoms with Gasteiger partial charge in [-0.3, -0.25) is 9.20 Å². The summed E-state index contributed by atoms with van der Waals surface area (Å²) in [5.74, 6) is 0.607. The van der Waals surface area contributed by atoms with Crippen LogP contribution in [0.2, 0.25) is 0 Å². The molecule has 8 nitrogen and oxygen atoms in total. The number of carboxylic acid groups (broad SMARTS) is 1. The molecule has 2 saturated heterocycles. The molecule has 31 heavy (non-hydrogen) atoms. The van der Waals surface area contributed by atoms with Gasteiger partial charge in [-0.25, -0.2) is 9.78 Å². The lowest BCUT2D eigenvalue weighted by molar-refractivity contribution is 0.0697. The van der Waals surface area contributed by atoms with Crippen molar-refractivity contribution in [1.29, 1.82) is 0 Å². The van der Waals surface area contributed by atoms with Crippen molar-refractivity contribution in [2.45, 2.75) is 6.42 Å². The molecule has 3 aromatic heterocycles. The number of carbonyl (C=O) groups is 1. The van der Waals surface area contributed by atoms with Gasteiger partial charge in [0.25, 0.3) is 0 Å². The third-order valence-corrected chi connectivity index (χ3v) is 7.82. The van der Waals surface area contributed by atoms with Crippen molar-refractivity contribution in [3.8, 4) is 0 Å². The number of likely N-dealkylation sites (tertiary alicyclic amines) is 1. The number of fused-ring (bicyclic) bond motifs is 6. The molecule has 0 bridgehead atoms. The molecular weight excluding hydrogens is 414 g/mol. The molecule has 0 spiro atoms. The highest BCUT2D eigenvalue weighted by Gasteiger charge is 2.37. The number of pyridine rings is 1. The maximum Gasteiger partial charge on any atom is 0.342 e. The van der Waals surface area contributed by atoms with E-state index < -0.39 is 11.4 Å². The van der Waals surface area contributed by atoms with Gasteiger partial charge in [-0.15, -0.1) is 11.3 Å². The molecule has 0 amide bonds. The average molecular weight is 436 g/mol. The minimum absolute atomic E-state index is 0.222. The lowest BCUT2D eigenvalue weighted by Crippen LogP contribution is -2.37. The van der Waals surface area contributed by atoms with Crippen LogP contribution >= 0.6 is 11.3 Å². The summed E-state index contributed by atoms with van der Waals surface area (Å²) in [6.07, 6.45) is 2.67. The van der Waals surface area contributed by atoms with Crippen LogP contribution in [0.3, 0.4) is 0 Å². The van der Waals surface area contributed by atoms with Crippen molar-refractivity contribution >= 4 is 49.3 Å². The maximum atomic E-state index is 13.0. The van der Waals surface area contributed by atoms with Crippen LogP contribution in [-0.4, -0.2) is 63.6 Å². The molecule has 1 unspecified atom stereocenters. The van der Waals surface area contributed by atoms with Gasteiger partial charge >= 0.3 is 5.97 Å². The SMILES string of the molecule is CN1CCC2CN(c3ncc4c(=O)c(C(=O)O)c5sc6ccccc6n5c4n3)C[C@H]2C1. The number of hydrogen-bond acceptors (Lipinski definition) is 7. The van der Waals surface area contributed by atoms with E-state index in [2.05, 4.69) is 21.8 Å². The highest BCUT2D eigenvalue weighted by atomic mass is 32.1. The van der Waals surface area contributed by atoms with E-state index in [0.717, 1.165) is 36.4 Å². The number of aromatic carboxylic acids is 1. The number of anilines is 1. The van der Waals surface area contributed by atoms with Crippen molar-refractivity contribution in [3.63, 3.8) is 0 Å². The third-order valence-electron chi connectivity index (χ3n) is 6.67. The highest BCUT2D eigenvalue weighted by Crippen LogP contribution is 2.34. The fourth-order valence-corrected chi connectivity index (χ4v) is 6.32. The summed E-state index contributed by atoms with van der Waals surface area (Å²) in [5.41, 5.74) is 0.563. The van der Waals surface area contributed by atoms with Gasteiger partial charge in [0.15, 0.2) is 5.65 Å². The molecule has 9 heteroatoms. The summed E-state index contributed by atoms with van der Waals surface area (Å²) in [4.78, 5) is 39.3. The number of thiazole rings is 1. The minimum Gasteiger partial charge on any atom is -0.477 e. The fourth-order valence-electron chi connectivity index (χ4n) is 5.14. The van der Waals surface area contributed by atoms with Crippen molar-refractivity contribution < 1.29 is 9.90 Å². The van der Waals surface area contributed by atoms with E-state index >= 15 is 0 Å². The van der Waals surface area contributed by atoms with Crippen LogP contribution in [-0.2, 0) is 0 Å². The molecule has 4 aromatic rings. The van der Waals surface area contributed by atoms with Crippen LogP contribution in [0.25, 0.3) is 26.1 Å². The molecule has 5 heterocycles. The van der Waals surface area contributed by atoms with E-state index in [1.807, 2.05) is 28.7 Å². The zero-order chi connectivity index (χ0) is 21.3. The van der Waals surface area contributed by atoms with E-state index in [1.165, 1.54) is 24.0 Å². The zero-order valence-electron chi connectivity index (χ0n) is 17.0. The third kappa shape index (κ3) is 2.76. The molecule has 2 atom stereocenters. The summed E-state index contributed by atoms with van der Waals surface area (Å²) < 4.78 is 2.72. The molecule has 0 aliphatic carbocycles. The number of benzene rings is 1. The second-order valence-corrected chi connectivity index (χ2v) is 9.63. The minimum atomic E-state index is -1.23. The van der Waals surface area contributed by atoms with E-state index in [0.29, 0.717) is 28.3 Å². The zero-order valence-corrected chi connectivity index (χ0v) is 17.8. The Balaban J connectivity index is 1.58. The van der Waals surface area contributed by atoms with Gasteiger partial charge in [-0.2, -0.15) is 4.98 Å². The number of nitrogens with zero attached hydrogens (tertiary/aromatic N) is 5. The monoisotopic (exact) mass is 435 g/mol. The predicted molar refractivity (Wildman–Crippen MR) is 120 cm³/mol. The first-order valence-corrected chi connectivity index (χ1v) is 11.2. The van der Waals surface area contributed by atoms with Crippen LogP contribution in [0.1, 0.15) is 16.8 Å². The van der Waals surface area contributed by atoms with Gasteiger partial charge in [-0.05, 0) is 44.0 Å². The quantitative estimate of drug-likeness (QED) is 0.517. The topological polar surface area (TPSA) is 91.0 Å². The van der Waals surface area contributed by atoms with Crippen molar-refractivity contribution in [2.75, 3.05) is 38.1 Å². The maximum absolute atomic E-state index is 13.0. The van der Waals surface area contributed by atoms with E-state index in [4.69, 9.17) is 4.98 Å². The van der Waals surface area contributed by atoms with E-state index in [1.54, 1.807) is 0 Å². The molecule has 2 fully saturated rings. The molecule has 6 rings (SSSR count). The van der Waals surface area contributed by atoms with Crippen LogP contribution in [0, 0.1) is 11.8 Å². The fraction of sp³-hybridized carbons (Fsp3) is 0.364. The average Bonchev–Trinajstić information content (AvgIpc) is 3.34.